The minimum Gasteiger partial charge on any atom is -0.493 e. The van der Waals surface area contributed by atoms with Gasteiger partial charge in [0.2, 0.25) is 0 Å². The molecular formula is C20H29NO3. The van der Waals surface area contributed by atoms with E-state index in [1.54, 1.807) is 0 Å². The van der Waals surface area contributed by atoms with Gasteiger partial charge in [-0.3, -0.25) is 9.69 Å². The summed E-state index contributed by atoms with van der Waals surface area (Å²) in [4.78, 5) is 14.2. The normalized spacial score (nSPS) is 43.2. The zero-order chi connectivity index (χ0) is 28.8. The third-order valence-electron chi connectivity index (χ3n) is 4.08. The Morgan fingerprint density at radius 2 is 2.25 bits per heavy atom. The Labute approximate surface area is 163 Å². The number of Topliss-reactive ketones (excluding diaryl/α,β-unsaturated/α-hetero) is 1. The third kappa shape index (κ3) is 3.16. The zero-order valence-corrected chi connectivity index (χ0v) is 13.8. The zero-order valence-electron chi connectivity index (χ0n) is 26.8. The number of carbonyl (C=O) groups is 1. The largest absolute Gasteiger partial charge is 0.493 e. The second-order valence-corrected chi connectivity index (χ2v) is 5.44. The van der Waals surface area contributed by atoms with E-state index in [9.17, 15) is 4.79 Å². The minimum atomic E-state index is -3.62. The number of hydrogen-bond donors (Lipinski definition) is 0. The van der Waals surface area contributed by atoms with Crippen molar-refractivity contribution in [3.63, 3.8) is 0 Å². The first-order valence-corrected chi connectivity index (χ1v) is 7.52. The molecule has 0 spiro atoms. The summed E-state index contributed by atoms with van der Waals surface area (Å²) in [6.45, 7) is -6.95. The quantitative estimate of drug-likeness (QED) is 0.818. The monoisotopic (exact) mass is 344 g/mol. The average molecular weight is 345 g/mol. The van der Waals surface area contributed by atoms with Gasteiger partial charge in [-0.15, -0.1) is 0 Å². The Bertz CT molecular complexity index is 1080. The number of nitrogens with zero attached hydrogens (tertiary/aromatic N) is 1. The van der Waals surface area contributed by atoms with Crippen molar-refractivity contribution in [3.8, 4) is 11.5 Å². The number of benzene rings is 1. The number of carbonyl (C=O) groups excluding carboxylic acids is 1. The first kappa shape index (κ1) is 7.36. The molecule has 1 aromatic carbocycles. The van der Waals surface area contributed by atoms with Gasteiger partial charge in [-0.25, -0.2) is 0 Å². The summed E-state index contributed by atoms with van der Waals surface area (Å²) in [7, 11) is 2.62. The van der Waals surface area contributed by atoms with Crippen molar-refractivity contribution >= 4 is 5.78 Å². The van der Waals surface area contributed by atoms with Crippen LogP contribution in [0.3, 0.4) is 0 Å². The number of ketones is 1. The van der Waals surface area contributed by atoms with Crippen molar-refractivity contribution in [1.82, 2.24) is 4.90 Å². The van der Waals surface area contributed by atoms with E-state index in [2.05, 4.69) is 0 Å². The van der Waals surface area contributed by atoms with Gasteiger partial charge in [0.15, 0.2) is 11.5 Å². The second kappa shape index (κ2) is 7.14. The van der Waals surface area contributed by atoms with Gasteiger partial charge in [0.25, 0.3) is 0 Å². The molecule has 132 valence electrons. The summed E-state index contributed by atoms with van der Waals surface area (Å²) in [6, 6.07) is 0.303. The van der Waals surface area contributed by atoms with Crippen LogP contribution >= 0.6 is 0 Å². The molecule has 0 bridgehead atoms. The van der Waals surface area contributed by atoms with Crippen molar-refractivity contribution in [2.24, 2.45) is 11.8 Å². The van der Waals surface area contributed by atoms with Crippen LogP contribution in [-0.4, -0.2) is 37.9 Å². The molecule has 2 aliphatic heterocycles. The van der Waals surface area contributed by atoms with Crippen molar-refractivity contribution in [2.45, 2.75) is 45.3 Å². The van der Waals surface area contributed by atoms with Crippen LogP contribution in [0.4, 0.5) is 0 Å². The number of ether oxygens (including phenoxy) is 2. The highest BCUT2D eigenvalue weighted by molar-refractivity contribution is 5.83. The van der Waals surface area contributed by atoms with E-state index in [0.717, 1.165) is 0 Å². The first-order valence-electron chi connectivity index (χ1n) is 14.0. The van der Waals surface area contributed by atoms with Crippen molar-refractivity contribution in [2.75, 3.05) is 27.3 Å². The topological polar surface area (TPSA) is 38.8 Å². The van der Waals surface area contributed by atoms with E-state index in [1.165, 1.54) is 26.4 Å². The van der Waals surface area contributed by atoms with Gasteiger partial charge in [-0.1, -0.05) is 20.1 Å². The number of fused-ring (bicyclic) bond motifs is 3. The Morgan fingerprint density at radius 3 is 2.92 bits per heavy atom. The fraction of sp³-hybridized carbons (Fsp3) is 0.650. The lowest BCUT2D eigenvalue weighted by molar-refractivity contribution is -0.129. The van der Waals surface area contributed by atoms with Crippen LogP contribution in [0.15, 0.2) is 12.1 Å². The molecule has 1 fully saturated rings. The molecule has 2 aliphatic rings. The highest BCUT2D eigenvalue weighted by Crippen LogP contribution is 2.42. The Morgan fingerprint density at radius 1 is 1.50 bits per heavy atom. The maximum absolute atomic E-state index is 13.5. The Balaban J connectivity index is 2.29. The molecule has 1 saturated heterocycles. The SMILES string of the molecule is [2H]C1([2H])CN2C([2H])(CC(=O)C(C([2H])([2H])C([2H])(C([2H])([2H])[2H])C([2H])([2H])C)C2([2H])[2H])c2cc(OC)c(OC)cc21. The molecule has 4 nitrogen and oxygen atoms in total. The maximum atomic E-state index is 13.5. The summed E-state index contributed by atoms with van der Waals surface area (Å²) in [5.74, 6) is -7.11. The first-order chi connectivity index (χ1) is 16.4. The predicted octanol–water partition coefficient (Wildman–Crippen LogP) is 3.63. The van der Waals surface area contributed by atoms with Gasteiger partial charge < -0.3 is 9.47 Å². The van der Waals surface area contributed by atoms with Crippen LogP contribution in [0, 0.1) is 11.8 Å². The highest BCUT2D eigenvalue weighted by Gasteiger charge is 2.38. The van der Waals surface area contributed by atoms with Crippen LogP contribution in [-0.2, 0) is 11.2 Å². The van der Waals surface area contributed by atoms with E-state index in [-0.39, 0.29) is 22.6 Å². The Kier molecular flexibility index (Phi) is 2.19. The molecule has 4 heteroatoms. The standard InChI is InChI=1S/C20H29NO3/c1-5-13(2)8-15-12-21-7-6-14-9-19(23-3)20(24-4)10-16(14)17(21)11-18(15)22/h9-10,13,15,17H,5-8,11-12H2,1-4H3/i2D3,5D2,6D2,8D2,12D2,13D,17D. The van der Waals surface area contributed by atoms with E-state index < -0.39 is 69.0 Å². The van der Waals surface area contributed by atoms with Gasteiger partial charge in [0, 0.05) is 47.8 Å². The van der Waals surface area contributed by atoms with E-state index in [1.807, 2.05) is 0 Å². The molecule has 3 rings (SSSR count). The molecule has 0 radical (unpaired) electrons. The minimum absolute atomic E-state index is 0.0521. The summed E-state index contributed by atoms with van der Waals surface area (Å²) in [5.41, 5.74) is -0.167. The summed E-state index contributed by atoms with van der Waals surface area (Å²) < 4.78 is 119. The van der Waals surface area contributed by atoms with Gasteiger partial charge in [0.05, 0.1) is 15.6 Å². The van der Waals surface area contributed by atoms with Crippen molar-refractivity contribution in [1.29, 1.82) is 0 Å². The second-order valence-electron chi connectivity index (χ2n) is 5.44. The lowest BCUT2D eigenvalue weighted by Crippen LogP contribution is -2.46. The lowest BCUT2D eigenvalue weighted by Gasteiger charge is -2.43. The molecule has 0 aliphatic carbocycles. The molecule has 3 unspecified atom stereocenters. The highest BCUT2D eigenvalue weighted by atomic mass is 16.5. The molecule has 24 heavy (non-hydrogen) atoms. The van der Waals surface area contributed by atoms with Gasteiger partial charge in [-0.05, 0) is 41.9 Å². The molecular weight excluding hydrogens is 302 g/mol. The molecule has 0 amide bonds. The predicted molar refractivity (Wildman–Crippen MR) is 94.8 cm³/mol. The van der Waals surface area contributed by atoms with E-state index >= 15 is 0 Å². The summed E-state index contributed by atoms with van der Waals surface area (Å²) in [5, 5.41) is 0. The number of piperidine rings is 1. The van der Waals surface area contributed by atoms with Gasteiger partial charge in [-0.2, -0.15) is 0 Å². The number of rotatable bonds is 5. The maximum Gasteiger partial charge on any atom is 0.161 e. The molecule has 3 atom stereocenters. The fourth-order valence-corrected chi connectivity index (χ4v) is 2.81. The van der Waals surface area contributed by atoms with Crippen molar-refractivity contribution in [3.05, 3.63) is 23.3 Å². The number of methoxy groups -OCH3 is 2. The van der Waals surface area contributed by atoms with Crippen molar-refractivity contribution < 1.29 is 32.1 Å². The molecule has 0 N–H and O–H groups in total. The number of hydrogen-bond acceptors (Lipinski definition) is 4. The summed E-state index contributed by atoms with van der Waals surface area (Å²) in [6.07, 6.45) is -9.87. The summed E-state index contributed by atoms with van der Waals surface area (Å²) >= 11 is 0. The van der Waals surface area contributed by atoms with E-state index in [4.69, 9.17) is 27.3 Å². The fourth-order valence-electron chi connectivity index (χ4n) is 2.81. The molecule has 0 saturated carbocycles. The van der Waals surface area contributed by atoms with Crippen LogP contribution in [0.25, 0.3) is 0 Å². The van der Waals surface area contributed by atoms with Gasteiger partial charge in [0.1, 0.15) is 5.78 Å². The average Bonchev–Trinajstić information content (AvgIpc) is 2.71. The van der Waals surface area contributed by atoms with Crippen LogP contribution < -0.4 is 9.47 Å². The van der Waals surface area contributed by atoms with Crippen LogP contribution in [0.1, 0.15) is 67.9 Å². The Hall–Kier alpha value is -1.55. The molecule has 0 aromatic heterocycles. The van der Waals surface area contributed by atoms with Crippen LogP contribution in [0.2, 0.25) is 0 Å². The van der Waals surface area contributed by atoms with Crippen LogP contribution in [0.5, 0.6) is 11.5 Å². The smallest absolute Gasteiger partial charge is 0.161 e. The van der Waals surface area contributed by atoms with Gasteiger partial charge >= 0.3 is 0 Å². The van der Waals surface area contributed by atoms with E-state index in [0.29, 0.717) is 11.8 Å². The lowest BCUT2D eigenvalue weighted by atomic mass is 9.79. The third-order valence-corrected chi connectivity index (χ3v) is 4.08. The molecule has 1 aromatic rings. The molecule has 2 heterocycles.